The van der Waals surface area contributed by atoms with Gasteiger partial charge in [0.15, 0.2) is 0 Å². The van der Waals surface area contributed by atoms with E-state index >= 15 is 0 Å². The molecule has 0 amide bonds. The van der Waals surface area contributed by atoms with E-state index in [0.29, 0.717) is 17.0 Å². The molecule has 0 saturated heterocycles. The van der Waals surface area contributed by atoms with Crippen LogP contribution >= 0.6 is 15.9 Å². The van der Waals surface area contributed by atoms with Gasteiger partial charge in [-0.2, -0.15) is 10.4 Å². The minimum absolute atomic E-state index is 0.0507. The average molecular weight is 438 g/mol. The SMILES string of the molecule is COc1c(Br)ccc(C)c1C=NNc1nc(-c2ccccc2)c(C#N)c(=O)[nH]1. The van der Waals surface area contributed by atoms with Gasteiger partial charge in [-0.25, -0.2) is 10.4 Å². The maximum Gasteiger partial charge on any atom is 0.270 e. The van der Waals surface area contributed by atoms with Gasteiger partial charge in [-0.1, -0.05) is 36.4 Å². The first-order valence-electron chi connectivity index (χ1n) is 8.27. The molecule has 7 nitrogen and oxygen atoms in total. The van der Waals surface area contributed by atoms with Crippen LogP contribution in [0.4, 0.5) is 5.95 Å². The van der Waals surface area contributed by atoms with Gasteiger partial charge in [-0.15, -0.1) is 0 Å². The van der Waals surface area contributed by atoms with Crippen LogP contribution < -0.4 is 15.7 Å². The summed E-state index contributed by atoms with van der Waals surface area (Å²) in [6.07, 6.45) is 1.58. The molecule has 0 atom stereocenters. The first kappa shape index (κ1) is 19.3. The van der Waals surface area contributed by atoms with Gasteiger partial charge in [0.25, 0.3) is 5.56 Å². The molecule has 0 fully saturated rings. The fraction of sp³-hybridized carbons (Fsp3) is 0.100. The van der Waals surface area contributed by atoms with E-state index in [9.17, 15) is 10.1 Å². The summed E-state index contributed by atoms with van der Waals surface area (Å²) in [5.41, 5.74) is 4.84. The predicted octanol–water partition coefficient (Wildman–Crippen LogP) is 3.83. The molecule has 2 N–H and O–H groups in total. The fourth-order valence-corrected chi connectivity index (χ4v) is 3.14. The van der Waals surface area contributed by atoms with Gasteiger partial charge in [-0.3, -0.25) is 9.78 Å². The molecule has 0 radical (unpaired) electrons. The second-order valence-electron chi connectivity index (χ2n) is 5.80. The number of aromatic amines is 1. The first-order valence-corrected chi connectivity index (χ1v) is 9.06. The third-order valence-electron chi connectivity index (χ3n) is 4.01. The Labute approximate surface area is 169 Å². The van der Waals surface area contributed by atoms with Crippen molar-refractivity contribution in [2.45, 2.75) is 6.92 Å². The molecule has 0 bridgehead atoms. The number of benzene rings is 2. The van der Waals surface area contributed by atoms with Gasteiger partial charge in [0.2, 0.25) is 5.95 Å². The van der Waals surface area contributed by atoms with Crippen LogP contribution in [0.2, 0.25) is 0 Å². The summed E-state index contributed by atoms with van der Waals surface area (Å²) in [4.78, 5) is 19.1. The second-order valence-corrected chi connectivity index (χ2v) is 6.65. The van der Waals surface area contributed by atoms with Crippen molar-refractivity contribution in [2.75, 3.05) is 12.5 Å². The van der Waals surface area contributed by atoms with E-state index in [4.69, 9.17) is 4.74 Å². The van der Waals surface area contributed by atoms with Crippen LogP contribution in [0.15, 0.2) is 56.8 Å². The van der Waals surface area contributed by atoms with E-state index < -0.39 is 5.56 Å². The van der Waals surface area contributed by atoms with Crippen LogP contribution in [-0.4, -0.2) is 23.3 Å². The molecule has 1 aromatic heterocycles. The molecule has 0 saturated carbocycles. The summed E-state index contributed by atoms with van der Waals surface area (Å²) in [6, 6.07) is 14.8. The Kier molecular flexibility index (Phi) is 5.87. The highest BCUT2D eigenvalue weighted by Gasteiger charge is 2.13. The van der Waals surface area contributed by atoms with Gasteiger partial charge in [0.05, 0.1) is 23.5 Å². The highest BCUT2D eigenvalue weighted by molar-refractivity contribution is 9.10. The number of rotatable bonds is 5. The molecular weight excluding hydrogens is 422 g/mol. The second kappa shape index (κ2) is 8.50. The summed E-state index contributed by atoms with van der Waals surface area (Å²) in [5.74, 6) is 0.780. The standard InChI is InChI=1S/C20H16BrN5O2/c1-12-8-9-16(21)18(28-2)15(12)11-23-26-20-24-17(13-6-4-3-5-7-13)14(10-22)19(27)25-20/h3-9,11H,1-2H3,(H2,24,25,26,27). The largest absolute Gasteiger partial charge is 0.495 e. The number of aromatic nitrogens is 2. The van der Waals surface area contributed by atoms with Crippen molar-refractivity contribution in [3.05, 3.63) is 74.0 Å². The van der Waals surface area contributed by atoms with E-state index in [1.54, 1.807) is 25.5 Å². The van der Waals surface area contributed by atoms with E-state index in [2.05, 4.69) is 36.4 Å². The molecule has 0 spiro atoms. The van der Waals surface area contributed by atoms with Crippen LogP contribution in [0, 0.1) is 18.3 Å². The third-order valence-corrected chi connectivity index (χ3v) is 4.64. The smallest absolute Gasteiger partial charge is 0.270 e. The Morgan fingerprint density at radius 3 is 2.71 bits per heavy atom. The van der Waals surface area contributed by atoms with Gasteiger partial charge in [0, 0.05) is 11.1 Å². The number of nitrogens with one attached hydrogen (secondary N) is 2. The number of H-pyrrole nitrogens is 1. The Morgan fingerprint density at radius 1 is 1.29 bits per heavy atom. The number of nitriles is 1. The Balaban J connectivity index is 1.96. The van der Waals surface area contributed by atoms with Crippen molar-refractivity contribution in [1.82, 2.24) is 9.97 Å². The summed E-state index contributed by atoms with van der Waals surface area (Å²) in [7, 11) is 1.58. The van der Waals surface area contributed by atoms with Gasteiger partial charge >= 0.3 is 0 Å². The highest BCUT2D eigenvalue weighted by atomic mass is 79.9. The van der Waals surface area contributed by atoms with Crippen molar-refractivity contribution in [1.29, 1.82) is 5.26 Å². The molecule has 0 aliphatic carbocycles. The normalized spacial score (nSPS) is 10.6. The quantitative estimate of drug-likeness (QED) is 0.466. The van der Waals surface area contributed by atoms with Crippen molar-refractivity contribution >= 4 is 28.1 Å². The molecule has 0 unspecified atom stereocenters. The Hall–Kier alpha value is -3.44. The molecule has 1 heterocycles. The number of halogens is 1. The molecule has 28 heavy (non-hydrogen) atoms. The lowest BCUT2D eigenvalue weighted by Gasteiger charge is -2.10. The van der Waals surface area contributed by atoms with Gasteiger partial charge in [-0.05, 0) is 34.5 Å². The topological polar surface area (TPSA) is 103 Å². The lowest BCUT2D eigenvalue weighted by Crippen LogP contribution is -2.16. The van der Waals surface area contributed by atoms with Crippen LogP contribution in [-0.2, 0) is 0 Å². The van der Waals surface area contributed by atoms with Crippen LogP contribution in [0.3, 0.4) is 0 Å². The number of anilines is 1. The number of hydrazone groups is 1. The van der Waals surface area contributed by atoms with E-state index in [-0.39, 0.29) is 11.5 Å². The van der Waals surface area contributed by atoms with E-state index in [1.165, 1.54) is 0 Å². The van der Waals surface area contributed by atoms with Crippen molar-refractivity contribution in [3.63, 3.8) is 0 Å². The summed E-state index contributed by atoms with van der Waals surface area (Å²) < 4.78 is 6.21. The van der Waals surface area contributed by atoms with Crippen molar-refractivity contribution in [3.8, 4) is 23.1 Å². The van der Waals surface area contributed by atoms with Crippen LogP contribution in [0.5, 0.6) is 5.75 Å². The van der Waals surface area contributed by atoms with Crippen molar-refractivity contribution < 1.29 is 4.74 Å². The highest BCUT2D eigenvalue weighted by Crippen LogP contribution is 2.30. The minimum Gasteiger partial charge on any atom is -0.495 e. The fourth-order valence-electron chi connectivity index (χ4n) is 2.63. The molecule has 140 valence electrons. The zero-order valence-electron chi connectivity index (χ0n) is 15.2. The Morgan fingerprint density at radius 2 is 2.04 bits per heavy atom. The maximum absolute atomic E-state index is 12.3. The molecule has 0 aliphatic heterocycles. The number of ether oxygens (including phenoxy) is 1. The van der Waals surface area contributed by atoms with Gasteiger partial charge < -0.3 is 4.74 Å². The zero-order valence-corrected chi connectivity index (χ0v) is 16.7. The zero-order chi connectivity index (χ0) is 20.1. The lowest BCUT2D eigenvalue weighted by atomic mass is 10.1. The van der Waals surface area contributed by atoms with Crippen molar-refractivity contribution in [2.24, 2.45) is 5.10 Å². The third kappa shape index (κ3) is 3.94. The minimum atomic E-state index is -0.537. The van der Waals surface area contributed by atoms with E-state index in [0.717, 1.165) is 15.6 Å². The van der Waals surface area contributed by atoms with Gasteiger partial charge in [0.1, 0.15) is 17.4 Å². The number of hydrogen-bond donors (Lipinski definition) is 2. The number of aryl methyl sites for hydroxylation is 1. The Bertz CT molecular complexity index is 1130. The summed E-state index contributed by atoms with van der Waals surface area (Å²) in [5, 5.41) is 13.5. The maximum atomic E-state index is 12.3. The van der Waals surface area contributed by atoms with Crippen LogP contribution in [0.1, 0.15) is 16.7 Å². The molecule has 3 rings (SSSR count). The molecule has 3 aromatic rings. The first-order chi connectivity index (χ1) is 13.5. The summed E-state index contributed by atoms with van der Waals surface area (Å²) in [6.45, 7) is 1.94. The number of nitrogens with zero attached hydrogens (tertiary/aromatic N) is 3. The van der Waals surface area contributed by atoms with E-state index in [1.807, 2.05) is 43.3 Å². The summed E-state index contributed by atoms with van der Waals surface area (Å²) >= 11 is 3.44. The molecule has 0 aliphatic rings. The molecular formula is C20H16BrN5O2. The number of hydrogen-bond acceptors (Lipinski definition) is 6. The predicted molar refractivity (Wildman–Crippen MR) is 112 cm³/mol. The average Bonchev–Trinajstić information content (AvgIpc) is 2.71. The monoisotopic (exact) mass is 437 g/mol. The molecule has 2 aromatic carbocycles. The van der Waals surface area contributed by atoms with Crippen LogP contribution in [0.25, 0.3) is 11.3 Å². The number of methoxy groups -OCH3 is 1. The lowest BCUT2D eigenvalue weighted by molar-refractivity contribution is 0.411. The molecule has 8 heteroatoms.